The van der Waals surface area contributed by atoms with Gasteiger partial charge in [0.25, 0.3) is 5.91 Å². The third kappa shape index (κ3) is 7.23. The highest BCUT2D eigenvalue weighted by molar-refractivity contribution is 6.07. The molecule has 12 nitrogen and oxygen atoms in total. The summed E-state index contributed by atoms with van der Waals surface area (Å²) in [6.07, 6.45) is 1.65. The van der Waals surface area contributed by atoms with Crippen molar-refractivity contribution in [2.45, 2.75) is 18.2 Å². The molecule has 0 aliphatic rings. The summed E-state index contributed by atoms with van der Waals surface area (Å²) in [7, 11) is 3.18. The van der Waals surface area contributed by atoms with Crippen molar-refractivity contribution in [2.24, 2.45) is 0 Å². The number of hydrogen-bond donors (Lipinski definition) is 4. The standard InChI is InChI=1S/C39H37N5O7/c1-49-32-17-13-29(14-18-32)39(28-11-7-4-8-12-28,30-15-19-33(50-2)20-16-30)51-24-31(23-45)44(38(47)48)22-27-21-40-35-34(27)41-25-42-36(35)43-37(46)26-9-5-3-6-10-26/h3-21,25,31,40,45H,22-24H2,1-2H3,(H,47,48)(H,41,42,43,46). The minimum Gasteiger partial charge on any atom is -0.497 e. The van der Waals surface area contributed by atoms with Gasteiger partial charge in [0, 0.05) is 17.3 Å². The predicted octanol–water partition coefficient (Wildman–Crippen LogP) is 6.08. The van der Waals surface area contributed by atoms with Crippen molar-refractivity contribution in [1.82, 2.24) is 19.9 Å². The molecule has 0 bridgehead atoms. The molecule has 4 aromatic carbocycles. The molecule has 0 fully saturated rings. The average molecular weight is 688 g/mol. The first-order chi connectivity index (χ1) is 24.9. The number of aliphatic hydroxyl groups is 1. The summed E-state index contributed by atoms with van der Waals surface area (Å²) in [5.74, 6) is 1.21. The Morgan fingerprint density at radius 2 is 1.39 bits per heavy atom. The average Bonchev–Trinajstić information content (AvgIpc) is 3.60. The fourth-order valence-electron chi connectivity index (χ4n) is 6.05. The molecule has 0 aliphatic carbocycles. The van der Waals surface area contributed by atoms with Crippen LogP contribution in [-0.4, -0.2) is 75.5 Å². The van der Waals surface area contributed by atoms with Crippen LogP contribution in [0.3, 0.4) is 0 Å². The smallest absolute Gasteiger partial charge is 0.408 e. The Balaban J connectivity index is 1.33. The summed E-state index contributed by atoms with van der Waals surface area (Å²) in [4.78, 5) is 38.5. The summed E-state index contributed by atoms with van der Waals surface area (Å²) in [5, 5.41) is 24.0. The largest absolute Gasteiger partial charge is 0.497 e. The second-order valence-electron chi connectivity index (χ2n) is 11.6. The number of hydrogen-bond acceptors (Lipinski definition) is 8. The van der Waals surface area contributed by atoms with Gasteiger partial charge in [-0.1, -0.05) is 72.8 Å². The van der Waals surface area contributed by atoms with Crippen LogP contribution in [0.25, 0.3) is 11.0 Å². The van der Waals surface area contributed by atoms with Gasteiger partial charge in [-0.2, -0.15) is 0 Å². The molecule has 0 saturated carbocycles. The van der Waals surface area contributed by atoms with Crippen molar-refractivity contribution in [3.63, 3.8) is 0 Å². The molecule has 4 N–H and O–H groups in total. The Labute approximate surface area is 294 Å². The summed E-state index contributed by atoms with van der Waals surface area (Å²) in [5.41, 5.74) is 2.91. The van der Waals surface area contributed by atoms with E-state index in [1.807, 2.05) is 84.9 Å². The highest BCUT2D eigenvalue weighted by Crippen LogP contribution is 2.42. The second kappa shape index (κ2) is 15.5. The maximum absolute atomic E-state index is 12.9. The van der Waals surface area contributed by atoms with Crippen molar-refractivity contribution < 1.29 is 34.0 Å². The highest BCUT2D eigenvalue weighted by Gasteiger charge is 2.39. The van der Waals surface area contributed by atoms with Crippen LogP contribution in [0.1, 0.15) is 32.6 Å². The zero-order chi connectivity index (χ0) is 35.8. The molecule has 1 atom stereocenters. The summed E-state index contributed by atoms with van der Waals surface area (Å²) in [6, 6.07) is 32.3. The summed E-state index contributed by atoms with van der Waals surface area (Å²) < 4.78 is 17.8. The second-order valence-corrected chi connectivity index (χ2v) is 11.6. The molecule has 0 aliphatic heterocycles. The molecule has 51 heavy (non-hydrogen) atoms. The molecule has 6 rings (SSSR count). The highest BCUT2D eigenvalue weighted by atomic mass is 16.5. The Kier molecular flexibility index (Phi) is 10.5. The Morgan fingerprint density at radius 3 is 1.94 bits per heavy atom. The first-order valence-electron chi connectivity index (χ1n) is 16.1. The molecular weight excluding hydrogens is 650 g/mol. The molecule has 1 unspecified atom stereocenters. The number of aliphatic hydroxyl groups excluding tert-OH is 1. The number of nitrogens with zero attached hydrogens (tertiary/aromatic N) is 3. The number of anilines is 1. The number of rotatable bonds is 14. The van der Waals surface area contributed by atoms with E-state index >= 15 is 0 Å². The van der Waals surface area contributed by atoms with Gasteiger partial charge < -0.3 is 34.7 Å². The predicted molar refractivity (Wildman–Crippen MR) is 191 cm³/mol. The van der Waals surface area contributed by atoms with Gasteiger partial charge >= 0.3 is 6.09 Å². The number of H-pyrrole nitrogens is 1. The van der Waals surface area contributed by atoms with Crippen LogP contribution >= 0.6 is 0 Å². The van der Waals surface area contributed by atoms with Gasteiger partial charge in [-0.3, -0.25) is 9.69 Å². The lowest BCUT2D eigenvalue weighted by atomic mass is 9.80. The van der Waals surface area contributed by atoms with E-state index in [9.17, 15) is 19.8 Å². The van der Waals surface area contributed by atoms with Crippen LogP contribution in [0.5, 0.6) is 11.5 Å². The van der Waals surface area contributed by atoms with Crippen molar-refractivity contribution >= 4 is 28.9 Å². The Morgan fingerprint density at radius 1 is 0.824 bits per heavy atom. The minimum absolute atomic E-state index is 0.142. The van der Waals surface area contributed by atoms with E-state index in [-0.39, 0.29) is 24.9 Å². The fourth-order valence-corrected chi connectivity index (χ4v) is 6.05. The molecule has 0 saturated heterocycles. The van der Waals surface area contributed by atoms with Crippen molar-refractivity contribution in [3.8, 4) is 11.5 Å². The monoisotopic (exact) mass is 687 g/mol. The van der Waals surface area contributed by atoms with Crippen LogP contribution in [0, 0.1) is 0 Å². The molecule has 2 amide bonds. The van der Waals surface area contributed by atoms with Crippen LogP contribution in [0.2, 0.25) is 0 Å². The van der Waals surface area contributed by atoms with Crippen LogP contribution in [0.15, 0.2) is 122 Å². The number of amides is 2. The number of ether oxygens (including phenoxy) is 3. The fraction of sp³-hybridized carbons (Fsp3) is 0.179. The van der Waals surface area contributed by atoms with Gasteiger partial charge in [0.15, 0.2) is 5.82 Å². The molecule has 2 heterocycles. The number of carbonyl (C=O) groups excluding carboxylic acids is 1. The Hall–Kier alpha value is -6.24. The van der Waals surface area contributed by atoms with Gasteiger partial charge in [-0.25, -0.2) is 14.8 Å². The molecule has 0 radical (unpaired) electrons. The van der Waals surface area contributed by atoms with E-state index in [2.05, 4.69) is 20.3 Å². The molecule has 2 aromatic heterocycles. The number of carboxylic acid groups (broad SMARTS) is 1. The van der Waals surface area contributed by atoms with Crippen LogP contribution < -0.4 is 14.8 Å². The molecule has 6 aromatic rings. The van der Waals surface area contributed by atoms with Gasteiger partial charge in [-0.05, 0) is 53.1 Å². The van der Waals surface area contributed by atoms with E-state index in [4.69, 9.17) is 14.2 Å². The topological polar surface area (TPSA) is 159 Å². The van der Waals surface area contributed by atoms with E-state index in [0.29, 0.717) is 33.7 Å². The number of benzene rings is 4. The number of methoxy groups -OCH3 is 2. The normalized spacial score (nSPS) is 11.9. The van der Waals surface area contributed by atoms with Crippen molar-refractivity contribution in [3.05, 3.63) is 150 Å². The number of aromatic nitrogens is 3. The van der Waals surface area contributed by atoms with E-state index < -0.39 is 24.3 Å². The zero-order valence-electron chi connectivity index (χ0n) is 28.0. The summed E-state index contributed by atoms with van der Waals surface area (Å²) >= 11 is 0. The first-order valence-corrected chi connectivity index (χ1v) is 16.1. The van der Waals surface area contributed by atoms with Crippen molar-refractivity contribution in [2.75, 3.05) is 32.8 Å². The maximum atomic E-state index is 12.9. The number of aromatic amines is 1. The maximum Gasteiger partial charge on any atom is 0.408 e. The van der Waals surface area contributed by atoms with Gasteiger partial charge in [0.1, 0.15) is 28.9 Å². The van der Waals surface area contributed by atoms with Crippen LogP contribution in [0.4, 0.5) is 10.6 Å². The van der Waals surface area contributed by atoms with E-state index in [0.717, 1.165) is 21.6 Å². The third-order valence-electron chi connectivity index (χ3n) is 8.71. The number of nitrogens with one attached hydrogen (secondary N) is 2. The number of carbonyl (C=O) groups is 2. The van der Waals surface area contributed by atoms with E-state index in [1.165, 1.54) is 6.33 Å². The van der Waals surface area contributed by atoms with E-state index in [1.54, 1.807) is 44.7 Å². The summed E-state index contributed by atoms with van der Waals surface area (Å²) in [6.45, 7) is -0.861. The molecule has 12 heteroatoms. The minimum atomic E-state index is -1.27. The van der Waals surface area contributed by atoms with Crippen molar-refractivity contribution in [1.29, 1.82) is 0 Å². The zero-order valence-corrected chi connectivity index (χ0v) is 28.0. The van der Waals surface area contributed by atoms with Gasteiger partial charge in [0.2, 0.25) is 0 Å². The first kappa shape index (κ1) is 34.6. The number of fused-ring (bicyclic) bond motifs is 1. The lowest BCUT2D eigenvalue weighted by Gasteiger charge is -2.38. The Bertz CT molecular complexity index is 2020. The lowest BCUT2D eigenvalue weighted by molar-refractivity contribution is -0.0333. The quantitative estimate of drug-likeness (QED) is 0.0997. The van der Waals surface area contributed by atoms with Gasteiger partial charge in [0.05, 0.1) is 45.5 Å². The molecule has 0 spiro atoms. The van der Waals surface area contributed by atoms with Crippen LogP contribution in [-0.2, 0) is 16.9 Å². The lowest BCUT2D eigenvalue weighted by Crippen LogP contribution is -2.46. The SMILES string of the molecule is COc1ccc(C(OCC(CO)N(Cc2c[nH]c3c(NC(=O)c4ccccc4)ncnc23)C(=O)O)(c2ccccc2)c2ccc(OC)cc2)cc1. The third-order valence-corrected chi connectivity index (χ3v) is 8.71. The molecule has 260 valence electrons. The molecular formula is C39H37N5O7. The van der Waals surface area contributed by atoms with Gasteiger partial charge in [-0.15, -0.1) is 0 Å².